The molecule has 0 atom stereocenters. The van der Waals surface area contributed by atoms with Crippen molar-refractivity contribution < 1.29 is 4.92 Å². The SMILES string of the molecule is O=[N+]([O-])c1ccc2c(c1)c(I)nn2Cc1ccccc1. The lowest BCUT2D eigenvalue weighted by molar-refractivity contribution is -0.384. The van der Waals surface area contributed by atoms with Gasteiger partial charge in [0.15, 0.2) is 0 Å². The Balaban J connectivity index is 2.07. The average molecular weight is 379 g/mol. The van der Waals surface area contributed by atoms with Crippen LogP contribution >= 0.6 is 22.6 Å². The maximum absolute atomic E-state index is 10.8. The van der Waals surface area contributed by atoms with Crippen molar-refractivity contribution >= 4 is 39.2 Å². The summed E-state index contributed by atoms with van der Waals surface area (Å²) in [5.41, 5.74) is 2.14. The van der Waals surface area contributed by atoms with Gasteiger partial charge in [0.25, 0.3) is 5.69 Å². The average Bonchev–Trinajstić information content (AvgIpc) is 2.76. The monoisotopic (exact) mass is 379 g/mol. The standard InChI is InChI=1S/C14H10IN3O2/c15-14-12-8-11(18(19)20)6-7-13(12)17(16-14)9-10-4-2-1-3-5-10/h1-8H,9H2. The number of benzene rings is 2. The van der Waals surface area contributed by atoms with E-state index in [1.165, 1.54) is 6.07 Å². The molecule has 0 aliphatic carbocycles. The summed E-state index contributed by atoms with van der Waals surface area (Å²) in [4.78, 5) is 10.4. The van der Waals surface area contributed by atoms with E-state index < -0.39 is 0 Å². The van der Waals surface area contributed by atoms with Gasteiger partial charge in [-0.3, -0.25) is 14.8 Å². The van der Waals surface area contributed by atoms with E-state index in [9.17, 15) is 10.1 Å². The van der Waals surface area contributed by atoms with Crippen LogP contribution in [0.1, 0.15) is 5.56 Å². The van der Waals surface area contributed by atoms with E-state index in [0.29, 0.717) is 6.54 Å². The van der Waals surface area contributed by atoms with Crippen LogP contribution in [0, 0.1) is 13.8 Å². The molecule has 1 aromatic heterocycles. The summed E-state index contributed by atoms with van der Waals surface area (Å²) in [5, 5.41) is 16.1. The molecule has 0 N–H and O–H groups in total. The Hall–Kier alpha value is -1.96. The molecule has 3 rings (SSSR count). The molecule has 0 fully saturated rings. The van der Waals surface area contributed by atoms with Crippen LogP contribution in [0.2, 0.25) is 0 Å². The molecule has 0 spiro atoms. The summed E-state index contributed by atoms with van der Waals surface area (Å²) >= 11 is 2.11. The van der Waals surface area contributed by atoms with Gasteiger partial charge in [-0.15, -0.1) is 0 Å². The molecule has 0 radical (unpaired) electrons. The molecule has 0 bridgehead atoms. The molecule has 0 saturated carbocycles. The van der Waals surface area contributed by atoms with E-state index in [2.05, 4.69) is 27.7 Å². The van der Waals surface area contributed by atoms with E-state index in [4.69, 9.17) is 0 Å². The van der Waals surface area contributed by atoms with Crippen molar-refractivity contribution in [3.63, 3.8) is 0 Å². The summed E-state index contributed by atoms with van der Waals surface area (Å²) in [6.07, 6.45) is 0. The van der Waals surface area contributed by atoms with Crippen LogP contribution in [0.3, 0.4) is 0 Å². The molecular formula is C14H10IN3O2. The summed E-state index contributed by atoms with van der Waals surface area (Å²) in [6.45, 7) is 0.651. The number of non-ortho nitro benzene ring substituents is 1. The van der Waals surface area contributed by atoms with Crippen molar-refractivity contribution in [3.05, 3.63) is 67.9 Å². The number of hydrogen-bond donors (Lipinski definition) is 0. The summed E-state index contributed by atoms with van der Waals surface area (Å²) in [6, 6.07) is 14.8. The van der Waals surface area contributed by atoms with Crippen LogP contribution in [-0.4, -0.2) is 14.7 Å². The Bertz CT molecular complexity index is 784. The summed E-state index contributed by atoms with van der Waals surface area (Å²) in [7, 11) is 0. The molecule has 2 aromatic carbocycles. The van der Waals surface area contributed by atoms with E-state index in [1.54, 1.807) is 12.1 Å². The van der Waals surface area contributed by atoms with Crippen molar-refractivity contribution in [2.24, 2.45) is 0 Å². The predicted octanol–water partition coefficient (Wildman–Crippen LogP) is 3.60. The minimum Gasteiger partial charge on any atom is -0.259 e. The molecule has 0 aliphatic rings. The number of nitrogens with zero attached hydrogens (tertiary/aromatic N) is 3. The summed E-state index contributed by atoms with van der Waals surface area (Å²) < 4.78 is 2.65. The number of fused-ring (bicyclic) bond motifs is 1. The lowest BCUT2D eigenvalue weighted by Crippen LogP contribution is -2.01. The maximum Gasteiger partial charge on any atom is 0.270 e. The van der Waals surface area contributed by atoms with Gasteiger partial charge in [0, 0.05) is 17.5 Å². The zero-order chi connectivity index (χ0) is 14.1. The first-order valence-electron chi connectivity index (χ1n) is 5.99. The van der Waals surface area contributed by atoms with E-state index >= 15 is 0 Å². The third-order valence-electron chi connectivity index (χ3n) is 3.07. The Morgan fingerprint density at radius 3 is 2.65 bits per heavy atom. The van der Waals surface area contributed by atoms with Gasteiger partial charge >= 0.3 is 0 Å². The number of aromatic nitrogens is 2. The lowest BCUT2D eigenvalue weighted by Gasteiger charge is -2.03. The second-order valence-corrected chi connectivity index (χ2v) is 5.41. The first-order chi connectivity index (χ1) is 9.65. The minimum atomic E-state index is -0.385. The normalized spacial score (nSPS) is 10.8. The second-order valence-electron chi connectivity index (χ2n) is 4.39. The van der Waals surface area contributed by atoms with E-state index in [1.807, 2.05) is 35.0 Å². The quantitative estimate of drug-likeness (QED) is 0.397. The minimum absolute atomic E-state index is 0.0923. The number of nitro benzene ring substituents is 1. The van der Waals surface area contributed by atoms with Crippen molar-refractivity contribution in [3.8, 4) is 0 Å². The molecule has 100 valence electrons. The number of hydrogen-bond acceptors (Lipinski definition) is 3. The second kappa shape index (κ2) is 5.20. The topological polar surface area (TPSA) is 61.0 Å². The van der Waals surface area contributed by atoms with Crippen LogP contribution in [0.25, 0.3) is 10.9 Å². The van der Waals surface area contributed by atoms with Gasteiger partial charge in [0.1, 0.15) is 3.70 Å². The largest absolute Gasteiger partial charge is 0.270 e. The Morgan fingerprint density at radius 1 is 1.20 bits per heavy atom. The van der Waals surface area contributed by atoms with Crippen molar-refractivity contribution in [1.29, 1.82) is 0 Å². The van der Waals surface area contributed by atoms with Gasteiger partial charge in [-0.05, 0) is 34.2 Å². The Kier molecular flexibility index (Phi) is 3.39. The Morgan fingerprint density at radius 2 is 1.95 bits per heavy atom. The molecule has 0 amide bonds. The number of nitro groups is 1. The van der Waals surface area contributed by atoms with E-state index in [0.717, 1.165) is 20.2 Å². The van der Waals surface area contributed by atoms with Crippen molar-refractivity contribution in [2.45, 2.75) is 6.54 Å². The predicted molar refractivity (Wildman–Crippen MR) is 84.6 cm³/mol. The molecule has 5 nitrogen and oxygen atoms in total. The molecule has 0 aliphatic heterocycles. The fourth-order valence-electron chi connectivity index (χ4n) is 2.12. The van der Waals surface area contributed by atoms with Gasteiger partial charge in [0.2, 0.25) is 0 Å². The maximum atomic E-state index is 10.8. The molecule has 6 heteroatoms. The highest BCUT2D eigenvalue weighted by Crippen LogP contribution is 2.25. The molecule has 3 aromatic rings. The summed E-state index contributed by atoms with van der Waals surface area (Å²) in [5.74, 6) is 0. The van der Waals surface area contributed by atoms with Gasteiger partial charge < -0.3 is 0 Å². The van der Waals surface area contributed by atoms with Crippen LogP contribution in [0.5, 0.6) is 0 Å². The van der Waals surface area contributed by atoms with Crippen LogP contribution < -0.4 is 0 Å². The smallest absolute Gasteiger partial charge is 0.259 e. The van der Waals surface area contributed by atoms with E-state index in [-0.39, 0.29) is 10.6 Å². The number of rotatable bonds is 3. The fraction of sp³-hybridized carbons (Fsp3) is 0.0714. The van der Waals surface area contributed by atoms with Crippen LogP contribution in [0.4, 0.5) is 5.69 Å². The first-order valence-corrected chi connectivity index (χ1v) is 7.07. The van der Waals surface area contributed by atoms with Gasteiger partial charge in [-0.1, -0.05) is 30.3 Å². The highest BCUT2D eigenvalue weighted by Gasteiger charge is 2.13. The number of halogens is 1. The third-order valence-corrected chi connectivity index (χ3v) is 3.87. The third kappa shape index (κ3) is 2.38. The molecular weight excluding hydrogens is 369 g/mol. The van der Waals surface area contributed by atoms with Crippen LogP contribution in [-0.2, 0) is 6.54 Å². The molecule has 0 saturated heterocycles. The highest BCUT2D eigenvalue weighted by molar-refractivity contribution is 14.1. The zero-order valence-corrected chi connectivity index (χ0v) is 12.5. The molecule has 0 unspecified atom stereocenters. The highest BCUT2D eigenvalue weighted by atomic mass is 127. The van der Waals surface area contributed by atoms with Gasteiger partial charge in [-0.25, -0.2) is 0 Å². The lowest BCUT2D eigenvalue weighted by atomic mass is 10.2. The molecule has 20 heavy (non-hydrogen) atoms. The fourth-order valence-corrected chi connectivity index (χ4v) is 2.81. The zero-order valence-electron chi connectivity index (χ0n) is 10.4. The first kappa shape index (κ1) is 13.0. The van der Waals surface area contributed by atoms with Crippen LogP contribution in [0.15, 0.2) is 48.5 Å². The Labute approximate surface area is 128 Å². The molecule has 1 heterocycles. The van der Waals surface area contributed by atoms with Crippen molar-refractivity contribution in [1.82, 2.24) is 9.78 Å². The van der Waals surface area contributed by atoms with Gasteiger partial charge in [-0.2, -0.15) is 5.10 Å². The van der Waals surface area contributed by atoms with Crippen molar-refractivity contribution in [2.75, 3.05) is 0 Å². The van der Waals surface area contributed by atoms with Gasteiger partial charge in [0.05, 0.1) is 17.0 Å².